The summed E-state index contributed by atoms with van der Waals surface area (Å²) in [5, 5.41) is 2.94. The fourth-order valence-corrected chi connectivity index (χ4v) is 10.6. The fraction of sp³-hybridized carbons (Fsp3) is 0.865. The Morgan fingerprint density at radius 1 is 0.615 bits per heavy atom. The van der Waals surface area contributed by atoms with Gasteiger partial charge in [-0.1, -0.05) is 78.2 Å². The molecule has 0 aliphatic heterocycles. The van der Waals surface area contributed by atoms with Crippen molar-refractivity contribution in [1.29, 1.82) is 0 Å². The van der Waals surface area contributed by atoms with Crippen LogP contribution in [0.3, 0.4) is 0 Å². The Bertz CT molecular complexity index is 1140. The van der Waals surface area contributed by atoms with Crippen LogP contribution >= 0.6 is 7.60 Å². The second kappa shape index (κ2) is 129. The number of carbonyl (C=O) groups excluding carboxylic acids is 1. The Balaban J connectivity index is -0.0000000224. The Morgan fingerprint density at radius 2 is 1.04 bits per heavy atom. The van der Waals surface area contributed by atoms with E-state index in [0.29, 0.717) is 36.3 Å². The first-order valence-electron chi connectivity index (χ1n) is 18.1. The van der Waals surface area contributed by atoms with E-state index in [1.165, 1.54) is 45.2 Å². The third-order valence-electron chi connectivity index (χ3n) is 12.7. The van der Waals surface area contributed by atoms with Crippen LogP contribution in [0.2, 0.25) is 0 Å². The van der Waals surface area contributed by atoms with Crippen LogP contribution in [0.1, 0.15) is 125 Å². The van der Waals surface area contributed by atoms with E-state index >= 15 is 0 Å². The van der Waals surface area contributed by atoms with Gasteiger partial charge in [0.15, 0.2) is 0 Å². The van der Waals surface area contributed by atoms with E-state index < -0.39 is 7.60 Å². The summed E-state index contributed by atoms with van der Waals surface area (Å²) >= 11 is 0. The molecule has 1 amide bonds. The van der Waals surface area contributed by atoms with Gasteiger partial charge in [0.1, 0.15) is 6.10 Å². The van der Waals surface area contributed by atoms with Crippen LogP contribution < -0.4 is 5.32 Å². The van der Waals surface area contributed by atoms with E-state index in [4.69, 9.17) is 14.2 Å². The number of hydrogen-bond donors (Lipinski definition) is 2. The molecule has 2 unspecified atom stereocenters. The zero-order valence-electron chi connectivity index (χ0n) is 48.6. The normalized spacial score (nSPS) is 20.4. The number of alkyl carbamates (subject to hydrolysis) is 1. The van der Waals surface area contributed by atoms with Crippen LogP contribution in [0.25, 0.3) is 0 Å². The molecule has 10 atom stereocenters. The van der Waals surface area contributed by atoms with Gasteiger partial charge in [-0.3, -0.25) is 4.57 Å². The molecule has 354 valence electrons. The summed E-state index contributed by atoms with van der Waals surface area (Å²) in [6.45, 7) is 16.8. The summed E-state index contributed by atoms with van der Waals surface area (Å²) in [5.74, 6) is 5.25. The molecule has 6 nitrogen and oxygen atoms in total. The van der Waals surface area contributed by atoms with Gasteiger partial charge < -0.3 is 19.5 Å². The van der Waals surface area contributed by atoms with Gasteiger partial charge in [-0.25, -0.2) is 4.79 Å². The molecule has 0 spiro atoms. The van der Waals surface area contributed by atoms with Crippen molar-refractivity contribution in [3.63, 3.8) is 0 Å². The van der Waals surface area contributed by atoms with Crippen molar-refractivity contribution in [3.8, 4) is 0 Å². The number of ether oxygens (including phenoxy) is 1. The predicted octanol–water partition coefficient (Wildman–Crippen LogP) is 9.84. The number of amides is 1. The number of carbonyl (C=O) groups is 1. The van der Waals surface area contributed by atoms with E-state index in [1.54, 1.807) is 5.57 Å². The molecule has 3 fully saturated rings. The van der Waals surface area contributed by atoms with Crippen LogP contribution in [0.15, 0.2) is 23.8 Å². The summed E-state index contributed by atoms with van der Waals surface area (Å²) in [5.41, 5.74) is 2.26. The van der Waals surface area contributed by atoms with Crippen LogP contribution in [0.4, 0.5) is 4.79 Å². The van der Waals surface area contributed by atoms with Crippen molar-refractivity contribution in [2.24, 2.45) is 52.3 Å². The average molecular weight is 3660 g/mol. The Kier molecular flexibility index (Phi) is 350. The summed E-state index contributed by atoms with van der Waals surface area (Å²) in [6.07, 6.45) is 21.7. The molecule has 41 heteroatoms. The second-order valence-corrected chi connectivity index (χ2v) is 17.7. The molecule has 0 aromatic carbocycles. The van der Waals surface area contributed by atoms with Crippen LogP contribution in [0, 0.1) is 52.3 Å². The first-order valence-corrected chi connectivity index (χ1v) is 20.1. The predicted molar refractivity (Wildman–Crippen MR) is 181 cm³/mol. The zero-order chi connectivity index (χ0) is 32.1. The number of nitrogens with one attached hydrogen (secondary N) is 1. The van der Waals surface area contributed by atoms with Gasteiger partial charge in [0.25, 0.3) is 0 Å². The van der Waals surface area contributed by atoms with E-state index in [2.05, 4.69) is 65.1 Å². The molecule has 0 aromatic heterocycles. The van der Waals surface area contributed by atoms with Gasteiger partial charge in [-0.2, -0.15) is 0 Å². The van der Waals surface area contributed by atoms with E-state index in [-0.39, 0.29) is 1130 Å². The smallest absolute Gasteiger partial charge is 0.407 e. The Hall–Kier alpha value is 36.4. The minimum absolute atomic E-state index is 0. The number of rotatable bonds is 14. The second-order valence-electron chi connectivity index (χ2n) is 15.8. The number of fused-ring (bicyclic) bond motifs is 5. The Labute approximate surface area is 1340 Å². The molecule has 4 rings (SSSR count). The Morgan fingerprint density at radius 3 is 1.44 bits per heavy atom. The van der Waals surface area contributed by atoms with Gasteiger partial charge in [-0.05, 0) is 116 Å². The molecule has 4 aliphatic carbocycles. The van der Waals surface area contributed by atoms with Crippen molar-refractivity contribution < 1.29 is 1140 Å². The van der Waals surface area contributed by atoms with Gasteiger partial charge in [-0.15, -0.1) is 0 Å². The SMILES string of the molecule is CC[C@H](/C=C/[C@@H](C)[C@H]1CC[C@H]2C3CC=C4C[C@@H](OC(=O)NCCCCCCOP(C)(=O)O)CC[C@]4(C)[C@H]3CC[C@]12C)C(C)C.[Y].[Y].[Y].[Y].[Y].[Y].[Y].[Y].[Y].[Y].[Y].[Y].[Y].[Y].[Y].[Y].[Y].[Y].[Y].[Y].[Y].[Y].[Y].[Y].[Y].[Y].[Y].[Y].[Y].[Y].[Y].[Y].[Y].[Y]. The quantitative estimate of drug-likeness (QED) is 0.103. The van der Waals surface area contributed by atoms with Crippen molar-refractivity contribution >= 4 is 13.7 Å². The largest absolute Gasteiger partial charge is 0.446 e. The molecule has 0 bridgehead atoms. The first kappa shape index (κ1) is 212. The zero-order valence-corrected chi connectivity index (χ0v) is 146. The molecular weight excluding hydrogens is 3590 g/mol. The average Bonchev–Trinajstić information content (AvgIpc) is 3.31. The maximum atomic E-state index is 12.6. The van der Waals surface area contributed by atoms with Gasteiger partial charge in [0, 0.05) is 1130 Å². The number of hydrogen-bond acceptors (Lipinski definition) is 4. The summed E-state index contributed by atoms with van der Waals surface area (Å²) < 4.78 is 22.0. The summed E-state index contributed by atoms with van der Waals surface area (Å²) in [7, 11) is -3.38. The first-order chi connectivity index (χ1) is 20.8. The summed E-state index contributed by atoms with van der Waals surface area (Å²) in [6, 6.07) is 0. The maximum absolute atomic E-state index is 12.6. The number of unbranched alkanes of at least 4 members (excludes halogenated alkanes) is 3. The topological polar surface area (TPSA) is 84.9 Å². The summed E-state index contributed by atoms with van der Waals surface area (Å²) in [4.78, 5) is 21.7. The minimum atomic E-state index is -3.38. The van der Waals surface area contributed by atoms with E-state index in [0.717, 1.165) is 68.6 Å². The number of allylic oxidation sites excluding steroid dienone is 3. The molecule has 0 heterocycles. The third-order valence-corrected chi connectivity index (χ3v) is 13.4. The molecule has 0 saturated heterocycles. The monoisotopic (exact) mass is 3660 g/mol. The molecule has 2 N–H and O–H groups in total. The maximum Gasteiger partial charge on any atom is 0.407 e. The van der Waals surface area contributed by atoms with Gasteiger partial charge in [0.2, 0.25) is 0 Å². The molecule has 4 aliphatic rings. The van der Waals surface area contributed by atoms with E-state index in [1.807, 2.05) is 0 Å². The third kappa shape index (κ3) is 88.7. The van der Waals surface area contributed by atoms with Crippen LogP contribution in [0.5, 0.6) is 0 Å². The van der Waals surface area contributed by atoms with Gasteiger partial charge >= 0.3 is 13.7 Å². The van der Waals surface area contributed by atoms with Crippen LogP contribution in [-0.2, 0) is 1130 Å². The molecule has 78 heavy (non-hydrogen) atoms. The van der Waals surface area contributed by atoms with Crippen molar-refractivity contribution in [2.45, 2.75) is 131 Å². The standard InChI is InChI=1S/C37H64NO5P.34Y/c1-8-28(26(2)3)14-13-27(4)32-17-18-33-31-16-15-29-25-30(19-21-36(29,5)34(31)20-22-37(32,33)6)43-35(39)38-23-11-9-10-12-24-42-44(7,40)41;;;;;;;;;;;;;;;;;;;;;;;;;;;;;;;;;;/h13-15,26-28,30-34H,8-12,16-25H2,1-7H3,(H,38,39)(H,40,41);;;;;;;;;;;;;;;;;;;;;;;;;;;;;;;;;;/b14-13+;;;;;;;;;;;;;;;;;;;;;;;;;;;;;;;;;;/t27-,28-,30+,31?,32-,33+,34+,36+,37-;;;;;;;;;;;;;;;;;;;;;;;;;;;;;;;;;;/m1................................../s1. The van der Waals surface area contributed by atoms with E-state index in [9.17, 15) is 9.36 Å². The minimum Gasteiger partial charge on any atom is -0.446 e. The molecule has 34 radical (unpaired) electrons. The van der Waals surface area contributed by atoms with Crippen molar-refractivity contribution in [1.82, 2.24) is 5.32 Å². The van der Waals surface area contributed by atoms with Crippen molar-refractivity contribution in [3.05, 3.63) is 23.8 Å². The van der Waals surface area contributed by atoms with Crippen molar-refractivity contribution in [2.75, 3.05) is 19.8 Å². The molecular formula is C37H64NO5PY34. The fourth-order valence-electron chi connectivity index (χ4n) is 10.1. The molecule has 0 aromatic rings. The molecule has 3 saturated carbocycles. The van der Waals surface area contributed by atoms with Crippen LogP contribution in [-0.4, -0.2) is 36.9 Å². The van der Waals surface area contributed by atoms with Gasteiger partial charge in [0.05, 0.1) is 6.61 Å².